The van der Waals surface area contributed by atoms with Crippen LogP contribution in [0.2, 0.25) is 0 Å². The molecule has 4 heteroatoms. The van der Waals surface area contributed by atoms with E-state index in [1.54, 1.807) is 0 Å². The van der Waals surface area contributed by atoms with Crippen LogP contribution >= 0.6 is 11.3 Å². The van der Waals surface area contributed by atoms with Crippen LogP contribution in [0.4, 0.5) is 0 Å². The third-order valence-electron chi connectivity index (χ3n) is 5.01. The highest BCUT2D eigenvalue weighted by Crippen LogP contribution is 2.36. The Labute approximate surface area is 126 Å². The highest BCUT2D eigenvalue weighted by atomic mass is 32.1. The molecule has 3 nitrogen and oxygen atoms in total. The van der Waals surface area contributed by atoms with Gasteiger partial charge in [0.05, 0.1) is 6.04 Å². The average Bonchev–Trinajstić information content (AvgIpc) is 2.99. The molecular weight excluding hydrogens is 266 g/mol. The molecule has 2 saturated heterocycles. The maximum Gasteiger partial charge on any atom is 0.0596 e. The monoisotopic (exact) mass is 293 g/mol. The number of rotatable bonds is 3. The molecule has 2 aliphatic rings. The van der Waals surface area contributed by atoms with E-state index in [1.807, 2.05) is 11.3 Å². The number of piperazine rings is 1. The highest BCUT2D eigenvalue weighted by molar-refractivity contribution is 7.10. The fraction of sp³-hybridized carbons (Fsp3) is 0.750. The van der Waals surface area contributed by atoms with Crippen molar-refractivity contribution in [3.63, 3.8) is 0 Å². The Morgan fingerprint density at radius 3 is 2.85 bits per heavy atom. The van der Waals surface area contributed by atoms with Gasteiger partial charge in [-0.25, -0.2) is 0 Å². The number of nitrogens with two attached hydrogens (primary N) is 1. The van der Waals surface area contributed by atoms with Crippen LogP contribution in [0, 0.1) is 6.92 Å². The molecule has 0 spiro atoms. The van der Waals surface area contributed by atoms with E-state index in [1.165, 1.54) is 42.9 Å². The van der Waals surface area contributed by atoms with Gasteiger partial charge in [-0.3, -0.25) is 9.80 Å². The van der Waals surface area contributed by atoms with Crippen molar-refractivity contribution >= 4 is 11.3 Å². The van der Waals surface area contributed by atoms with Crippen molar-refractivity contribution < 1.29 is 0 Å². The molecule has 0 amide bonds. The molecule has 1 aromatic heterocycles. The SMILES string of the molecule is Cc1ccsc1C(C(C)N)N1CC2CCCN2CC1C. The van der Waals surface area contributed by atoms with E-state index < -0.39 is 0 Å². The molecule has 0 aromatic carbocycles. The minimum absolute atomic E-state index is 0.183. The van der Waals surface area contributed by atoms with Gasteiger partial charge in [-0.2, -0.15) is 0 Å². The fourth-order valence-corrected chi connectivity index (χ4v) is 5.14. The lowest BCUT2D eigenvalue weighted by molar-refractivity contribution is 0.0215. The Hall–Kier alpha value is -0.420. The maximum absolute atomic E-state index is 6.38. The summed E-state index contributed by atoms with van der Waals surface area (Å²) in [6.45, 7) is 10.4. The molecule has 0 saturated carbocycles. The largest absolute Gasteiger partial charge is 0.326 e. The Kier molecular flexibility index (Phi) is 4.18. The lowest BCUT2D eigenvalue weighted by atomic mass is 9.98. The zero-order valence-electron chi connectivity index (χ0n) is 12.9. The van der Waals surface area contributed by atoms with Crippen LogP contribution in [-0.4, -0.2) is 47.6 Å². The summed E-state index contributed by atoms with van der Waals surface area (Å²) < 4.78 is 0. The van der Waals surface area contributed by atoms with Crippen molar-refractivity contribution in [1.82, 2.24) is 9.80 Å². The second-order valence-corrected chi connectivity index (χ2v) is 7.56. The van der Waals surface area contributed by atoms with Crippen LogP contribution in [-0.2, 0) is 0 Å². The van der Waals surface area contributed by atoms with Gasteiger partial charge in [-0.15, -0.1) is 11.3 Å². The lowest BCUT2D eigenvalue weighted by Crippen LogP contribution is -2.57. The molecule has 0 radical (unpaired) electrons. The molecule has 2 aliphatic heterocycles. The normalized spacial score (nSPS) is 31.2. The van der Waals surface area contributed by atoms with Crippen LogP contribution in [0.15, 0.2) is 11.4 Å². The molecule has 4 atom stereocenters. The van der Waals surface area contributed by atoms with E-state index in [9.17, 15) is 0 Å². The lowest BCUT2D eigenvalue weighted by Gasteiger charge is -2.47. The first-order chi connectivity index (χ1) is 9.58. The van der Waals surface area contributed by atoms with Gasteiger partial charge in [0.1, 0.15) is 0 Å². The summed E-state index contributed by atoms with van der Waals surface area (Å²) in [4.78, 5) is 6.83. The van der Waals surface area contributed by atoms with Crippen molar-refractivity contribution in [2.75, 3.05) is 19.6 Å². The first kappa shape index (κ1) is 14.5. The zero-order chi connectivity index (χ0) is 14.3. The van der Waals surface area contributed by atoms with Gasteiger partial charge in [-0.05, 0) is 57.2 Å². The van der Waals surface area contributed by atoms with E-state index in [2.05, 4.69) is 42.0 Å². The Morgan fingerprint density at radius 1 is 1.40 bits per heavy atom. The van der Waals surface area contributed by atoms with Crippen LogP contribution < -0.4 is 5.73 Å². The van der Waals surface area contributed by atoms with Gasteiger partial charge in [0.25, 0.3) is 0 Å². The van der Waals surface area contributed by atoms with Crippen molar-refractivity contribution in [3.8, 4) is 0 Å². The Morgan fingerprint density at radius 2 is 2.20 bits per heavy atom. The van der Waals surface area contributed by atoms with Crippen LogP contribution in [0.25, 0.3) is 0 Å². The van der Waals surface area contributed by atoms with Gasteiger partial charge in [0, 0.05) is 36.1 Å². The van der Waals surface area contributed by atoms with E-state index in [-0.39, 0.29) is 6.04 Å². The quantitative estimate of drug-likeness (QED) is 0.930. The van der Waals surface area contributed by atoms with Gasteiger partial charge in [-0.1, -0.05) is 0 Å². The van der Waals surface area contributed by atoms with Crippen molar-refractivity contribution in [2.24, 2.45) is 5.73 Å². The van der Waals surface area contributed by atoms with Crippen LogP contribution in [0.3, 0.4) is 0 Å². The Bertz CT molecular complexity index is 456. The number of aryl methyl sites for hydroxylation is 1. The zero-order valence-corrected chi connectivity index (χ0v) is 13.7. The van der Waals surface area contributed by atoms with Crippen molar-refractivity contribution in [3.05, 3.63) is 21.9 Å². The molecule has 4 unspecified atom stereocenters. The first-order valence-corrected chi connectivity index (χ1v) is 8.75. The van der Waals surface area contributed by atoms with Crippen molar-refractivity contribution in [1.29, 1.82) is 0 Å². The number of nitrogens with zero attached hydrogens (tertiary/aromatic N) is 2. The molecule has 3 rings (SSSR count). The third kappa shape index (κ3) is 2.54. The summed E-state index contributed by atoms with van der Waals surface area (Å²) in [6, 6.07) is 4.15. The summed E-state index contributed by atoms with van der Waals surface area (Å²) in [5, 5.41) is 2.20. The predicted octanol–water partition coefficient (Wildman–Crippen LogP) is 2.61. The number of fused-ring (bicyclic) bond motifs is 1. The van der Waals surface area contributed by atoms with E-state index >= 15 is 0 Å². The van der Waals surface area contributed by atoms with E-state index in [0.717, 1.165) is 6.04 Å². The van der Waals surface area contributed by atoms with Crippen molar-refractivity contribution in [2.45, 2.75) is 57.8 Å². The second-order valence-electron chi connectivity index (χ2n) is 6.61. The summed E-state index contributed by atoms with van der Waals surface area (Å²) in [6.07, 6.45) is 2.73. The average molecular weight is 293 g/mol. The highest BCUT2D eigenvalue weighted by Gasteiger charge is 2.39. The molecule has 20 heavy (non-hydrogen) atoms. The summed E-state index contributed by atoms with van der Waals surface area (Å²) >= 11 is 1.87. The number of hydrogen-bond acceptors (Lipinski definition) is 4. The smallest absolute Gasteiger partial charge is 0.0596 e. The molecule has 0 bridgehead atoms. The minimum atomic E-state index is 0.183. The minimum Gasteiger partial charge on any atom is -0.326 e. The van der Waals surface area contributed by atoms with Crippen LogP contribution in [0.1, 0.15) is 43.2 Å². The topological polar surface area (TPSA) is 32.5 Å². The third-order valence-corrected chi connectivity index (χ3v) is 6.10. The molecule has 1 aromatic rings. The van der Waals surface area contributed by atoms with Gasteiger partial charge >= 0.3 is 0 Å². The van der Waals surface area contributed by atoms with E-state index in [0.29, 0.717) is 12.1 Å². The summed E-state index contributed by atoms with van der Waals surface area (Å²) in [5.74, 6) is 0. The van der Waals surface area contributed by atoms with Gasteiger partial charge in [0.15, 0.2) is 0 Å². The summed E-state index contributed by atoms with van der Waals surface area (Å²) in [5.41, 5.74) is 7.78. The van der Waals surface area contributed by atoms with E-state index in [4.69, 9.17) is 5.73 Å². The number of hydrogen-bond donors (Lipinski definition) is 1. The first-order valence-electron chi connectivity index (χ1n) is 7.87. The fourth-order valence-electron chi connectivity index (χ4n) is 3.98. The maximum atomic E-state index is 6.38. The summed E-state index contributed by atoms with van der Waals surface area (Å²) in [7, 11) is 0. The number of thiophene rings is 1. The Balaban J connectivity index is 1.86. The molecule has 2 fully saturated rings. The standard InChI is InChI=1S/C16H27N3S/c1-11-6-8-20-16(11)15(13(3)17)19-10-14-5-4-7-18(14)9-12(19)2/h6,8,12-15H,4-5,7,9-10,17H2,1-3H3. The van der Waals surface area contributed by atoms with Crippen LogP contribution in [0.5, 0.6) is 0 Å². The second kappa shape index (κ2) is 5.76. The van der Waals surface area contributed by atoms with Gasteiger partial charge in [0.2, 0.25) is 0 Å². The molecule has 3 heterocycles. The predicted molar refractivity (Wildman–Crippen MR) is 86.2 cm³/mol. The molecule has 2 N–H and O–H groups in total. The van der Waals surface area contributed by atoms with Gasteiger partial charge < -0.3 is 5.73 Å². The molecular formula is C16H27N3S. The molecule has 0 aliphatic carbocycles. The molecule has 112 valence electrons.